The number of hydrazone groups is 1. The Hall–Kier alpha value is -2.93. The molecule has 1 atom stereocenters. The predicted molar refractivity (Wildman–Crippen MR) is 117 cm³/mol. The van der Waals surface area contributed by atoms with Gasteiger partial charge in [0.15, 0.2) is 0 Å². The first-order valence-electron chi connectivity index (χ1n) is 10.7. The Balaban J connectivity index is 1.66. The first kappa shape index (κ1) is 21.3. The molecule has 31 heavy (non-hydrogen) atoms. The van der Waals surface area contributed by atoms with E-state index in [0.29, 0.717) is 35.7 Å². The van der Waals surface area contributed by atoms with Crippen molar-refractivity contribution in [2.45, 2.75) is 31.7 Å². The second-order valence-corrected chi connectivity index (χ2v) is 7.96. The summed E-state index contributed by atoms with van der Waals surface area (Å²) in [6.07, 6.45) is 3.92. The molecule has 1 fully saturated rings. The highest BCUT2D eigenvalue weighted by atomic mass is 19.1. The Labute approximate surface area is 182 Å². The summed E-state index contributed by atoms with van der Waals surface area (Å²) in [7, 11) is 3.20. The van der Waals surface area contributed by atoms with Crippen LogP contribution in [0.4, 0.5) is 4.39 Å². The van der Waals surface area contributed by atoms with Crippen LogP contribution in [-0.2, 0) is 4.79 Å². The van der Waals surface area contributed by atoms with E-state index in [2.05, 4.69) is 10.0 Å². The Morgan fingerprint density at radius 2 is 1.90 bits per heavy atom. The molecule has 2 aromatic carbocycles. The van der Waals surface area contributed by atoms with Crippen molar-refractivity contribution in [2.24, 2.45) is 5.10 Å². The van der Waals surface area contributed by atoms with Crippen LogP contribution in [0.15, 0.2) is 47.6 Å². The van der Waals surface area contributed by atoms with Gasteiger partial charge in [-0.3, -0.25) is 9.69 Å². The topological polar surface area (TPSA) is 54.4 Å². The summed E-state index contributed by atoms with van der Waals surface area (Å²) >= 11 is 0. The number of carbonyl (C=O) groups excluding carboxylic acids is 1. The Morgan fingerprint density at radius 1 is 1.10 bits per heavy atom. The van der Waals surface area contributed by atoms with Crippen molar-refractivity contribution in [1.29, 1.82) is 0 Å². The quantitative estimate of drug-likeness (QED) is 0.702. The summed E-state index contributed by atoms with van der Waals surface area (Å²) in [6, 6.07) is 11.6. The molecule has 0 saturated carbocycles. The maximum Gasteiger partial charge on any atom is 0.257 e. The molecule has 0 N–H and O–H groups in total. The molecule has 0 bridgehead atoms. The van der Waals surface area contributed by atoms with Gasteiger partial charge in [0.05, 0.1) is 32.5 Å². The molecule has 2 heterocycles. The molecule has 164 valence electrons. The average Bonchev–Trinajstić information content (AvgIpc) is 3.25. The summed E-state index contributed by atoms with van der Waals surface area (Å²) in [5, 5.41) is 6.22. The van der Waals surface area contributed by atoms with Gasteiger partial charge in [0, 0.05) is 23.6 Å². The number of benzene rings is 2. The number of piperidine rings is 1. The smallest absolute Gasteiger partial charge is 0.257 e. The number of rotatable bonds is 6. The molecule has 1 amide bonds. The highest BCUT2D eigenvalue weighted by molar-refractivity contribution is 6.03. The second-order valence-electron chi connectivity index (χ2n) is 7.96. The third-order valence-corrected chi connectivity index (χ3v) is 5.93. The summed E-state index contributed by atoms with van der Waals surface area (Å²) in [4.78, 5) is 15.5. The predicted octanol–water partition coefficient (Wildman–Crippen LogP) is 4.01. The number of likely N-dealkylation sites (tertiary alicyclic amines) is 1. The maximum absolute atomic E-state index is 13.8. The third-order valence-electron chi connectivity index (χ3n) is 5.93. The summed E-state index contributed by atoms with van der Waals surface area (Å²) in [5.41, 5.74) is 2.23. The highest BCUT2D eigenvalue weighted by Gasteiger charge is 2.35. The summed E-state index contributed by atoms with van der Waals surface area (Å²) < 4.78 is 24.7. The van der Waals surface area contributed by atoms with E-state index in [-0.39, 0.29) is 17.8 Å². The number of carbonyl (C=O) groups is 1. The van der Waals surface area contributed by atoms with E-state index in [1.165, 1.54) is 18.6 Å². The fourth-order valence-corrected chi connectivity index (χ4v) is 4.30. The number of hydrogen-bond acceptors (Lipinski definition) is 5. The molecule has 0 aromatic heterocycles. The van der Waals surface area contributed by atoms with Crippen LogP contribution < -0.4 is 9.47 Å². The van der Waals surface area contributed by atoms with Crippen molar-refractivity contribution in [3.8, 4) is 11.5 Å². The largest absolute Gasteiger partial charge is 0.497 e. The molecule has 4 rings (SSSR count). The number of hydrogen-bond donors (Lipinski definition) is 0. The molecule has 1 saturated heterocycles. The van der Waals surface area contributed by atoms with E-state index in [9.17, 15) is 9.18 Å². The Kier molecular flexibility index (Phi) is 6.51. The zero-order chi connectivity index (χ0) is 21.8. The molecule has 2 aliphatic heterocycles. The fourth-order valence-electron chi connectivity index (χ4n) is 4.30. The van der Waals surface area contributed by atoms with Gasteiger partial charge in [-0.15, -0.1) is 0 Å². The summed E-state index contributed by atoms with van der Waals surface area (Å²) in [6.45, 7) is 2.18. The standard InChI is InChI=1S/C24H28FN3O3/c1-30-19-9-10-20(23(14-19)31-2)22-15-21(17-7-6-8-18(25)13-17)26-28(22)24(29)16-27-11-4-3-5-12-27/h6-10,13-14,22H,3-5,11-12,15-16H2,1-2H3/t22-/m1/s1. The number of methoxy groups -OCH3 is 2. The Morgan fingerprint density at radius 3 is 2.61 bits per heavy atom. The molecule has 0 radical (unpaired) electrons. The molecule has 6 nitrogen and oxygen atoms in total. The van der Waals surface area contributed by atoms with E-state index in [1.54, 1.807) is 25.3 Å². The monoisotopic (exact) mass is 425 g/mol. The molecular formula is C24H28FN3O3. The van der Waals surface area contributed by atoms with E-state index in [4.69, 9.17) is 9.47 Å². The lowest BCUT2D eigenvalue weighted by Gasteiger charge is -2.29. The fraction of sp³-hybridized carbons (Fsp3) is 0.417. The number of ether oxygens (including phenoxy) is 2. The number of nitrogens with zero attached hydrogens (tertiary/aromatic N) is 3. The van der Waals surface area contributed by atoms with Crippen molar-refractivity contribution in [3.05, 3.63) is 59.4 Å². The van der Waals surface area contributed by atoms with E-state index < -0.39 is 0 Å². The van der Waals surface area contributed by atoms with Crippen LogP contribution in [-0.4, -0.2) is 55.4 Å². The molecule has 0 aliphatic carbocycles. The first-order chi connectivity index (χ1) is 15.1. The van der Waals surface area contributed by atoms with Crippen molar-refractivity contribution in [2.75, 3.05) is 33.9 Å². The molecule has 2 aromatic rings. The van der Waals surface area contributed by atoms with Gasteiger partial charge < -0.3 is 9.47 Å². The van der Waals surface area contributed by atoms with Gasteiger partial charge in [-0.2, -0.15) is 5.10 Å². The lowest BCUT2D eigenvalue weighted by atomic mass is 9.97. The van der Waals surface area contributed by atoms with Crippen LogP contribution in [0.5, 0.6) is 11.5 Å². The van der Waals surface area contributed by atoms with Gasteiger partial charge in [0.25, 0.3) is 5.91 Å². The van der Waals surface area contributed by atoms with Gasteiger partial charge in [0.2, 0.25) is 0 Å². The third kappa shape index (κ3) is 4.71. The van der Waals surface area contributed by atoms with Crippen LogP contribution in [0.25, 0.3) is 0 Å². The lowest BCUT2D eigenvalue weighted by molar-refractivity contribution is -0.134. The van der Waals surface area contributed by atoms with E-state index in [1.807, 2.05) is 24.3 Å². The normalized spacial score (nSPS) is 19.3. The van der Waals surface area contributed by atoms with Crippen molar-refractivity contribution in [3.63, 3.8) is 0 Å². The minimum Gasteiger partial charge on any atom is -0.497 e. The van der Waals surface area contributed by atoms with Gasteiger partial charge >= 0.3 is 0 Å². The van der Waals surface area contributed by atoms with Crippen molar-refractivity contribution in [1.82, 2.24) is 9.91 Å². The van der Waals surface area contributed by atoms with Crippen LogP contribution in [0.1, 0.15) is 42.9 Å². The first-order valence-corrected chi connectivity index (χ1v) is 10.7. The molecule has 7 heteroatoms. The van der Waals surface area contributed by atoms with Crippen molar-refractivity contribution < 1.29 is 18.7 Å². The van der Waals surface area contributed by atoms with Gasteiger partial charge in [-0.05, 0) is 50.2 Å². The molecule has 2 aliphatic rings. The SMILES string of the molecule is COc1ccc([C@H]2CC(c3cccc(F)c3)=NN2C(=O)CN2CCCCC2)c(OC)c1. The minimum atomic E-state index is -0.323. The summed E-state index contributed by atoms with van der Waals surface area (Å²) in [5.74, 6) is 0.930. The average molecular weight is 426 g/mol. The molecular weight excluding hydrogens is 397 g/mol. The van der Waals surface area contributed by atoms with Gasteiger partial charge in [-0.1, -0.05) is 18.6 Å². The highest BCUT2D eigenvalue weighted by Crippen LogP contribution is 2.39. The van der Waals surface area contributed by atoms with Crippen molar-refractivity contribution >= 4 is 11.6 Å². The zero-order valence-electron chi connectivity index (χ0n) is 18.0. The van der Waals surface area contributed by atoms with Crippen LogP contribution in [0.3, 0.4) is 0 Å². The van der Waals surface area contributed by atoms with E-state index in [0.717, 1.165) is 31.5 Å². The zero-order valence-corrected chi connectivity index (χ0v) is 18.0. The number of amides is 1. The lowest BCUT2D eigenvalue weighted by Crippen LogP contribution is -2.40. The van der Waals surface area contributed by atoms with Crippen LogP contribution in [0.2, 0.25) is 0 Å². The van der Waals surface area contributed by atoms with E-state index >= 15 is 0 Å². The minimum absolute atomic E-state index is 0.0591. The van der Waals surface area contributed by atoms with Crippen LogP contribution >= 0.6 is 0 Å². The number of halogens is 1. The maximum atomic E-state index is 13.8. The van der Waals surface area contributed by atoms with Gasteiger partial charge in [0.1, 0.15) is 17.3 Å². The molecule has 0 spiro atoms. The molecule has 0 unspecified atom stereocenters. The van der Waals surface area contributed by atoms with Crippen LogP contribution in [0, 0.1) is 5.82 Å². The Bertz CT molecular complexity index is 972. The van der Waals surface area contributed by atoms with Gasteiger partial charge in [-0.25, -0.2) is 9.40 Å². The second kappa shape index (κ2) is 9.47.